The highest BCUT2D eigenvalue weighted by Crippen LogP contribution is 2.29. The summed E-state index contributed by atoms with van der Waals surface area (Å²) >= 11 is 6.05. The van der Waals surface area contributed by atoms with E-state index in [1.807, 2.05) is 43.5 Å². The Morgan fingerprint density at radius 3 is 2.83 bits per heavy atom. The number of halogens is 1. The molecule has 0 saturated carbocycles. The summed E-state index contributed by atoms with van der Waals surface area (Å²) in [6.45, 7) is 6.00. The van der Waals surface area contributed by atoms with Crippen LogP contribution in [0.3, 0.4) is 0 Å². The fourth-order valence-corrected chi connectivity index (χ4v) is 4.42. The van der Waals surface area contributed by atoms with Gasteiger partial charge in [-0.25, -0.2) is 4.98 Å². The molecule has 0 spiro atoms. The largest absolute Gasteiger partial charge is 0.493 e. The minimum Gasteiger partial charge on any atom is -0.493 e. The normalized spacial score (nSPS) is 18.6. The van der Waals surface area contributed by atoms with Crippen molar-refractivity contribution in [3.8, 4) is 17.2 Å². The van der Waals surface area contributed by atoms with Gasteiger partial charge < -0.3 is 28.6 Å². The minimum absolute atomic E-state index is 0.108. The van der Waals surface area contributed by atoms with Crippen LogP contribution in [0.25, 0.3) is 0 Å². The molecule has 0 amide bonds. The highest BCUT2D eigenvalue weighted by molar-refractivity contribution is 6.30. The minimum atomic E-state index is -1.14. The number of nitrogens with zero attached hydrogens (tertiary/aromatic N) is 3. The van der Waals surface area contributed by atoms with Crippen LogP contribution in [0.15, 0.2) is 54.9 Å². The summed E-state index contributed by atoms with van der Waals surface area (Å²) in [4.78, 5) is 6.42. The van der Waals surface area contributed by atoms with Crippen molar-refractivity contribution in [2.75, 3.05) is 46.6 Å². The summed E-state index contributed by atoms with van der Waals surface area (Å²) in [5, 5.41) is 11.8. The lowest BCUT2D eigenvalue weighted by Gasteiger charge is -2.30. The third-order valence-electron chi connectivity index (χ3n) is 6.10. The third-order valence-corrected chi connectivity index (χ3v) is 6.34. The van der Waals surface area contributed by atoms with E-state index in [-0.39, 0.29) is 13.2 Å². The SMILES string of the molecule is COc1ccc(CN2CCOCC(O)(COc3cccc(Cl)c3)C2)cc1OCCCn1ccnc1C. The summed E-state index contributed by atoms with van der Waals surface area (Å²) in [5.74, 6) is 3.02. The smallest absolute Gasteiger partial charge is 0.161 e. The molecule has 1 unspecified atom stereocenters. The van der Waals surface area contributed by atoms with Gasteiger partial charge in [0.05, 0.1) is 26.9 Å². The summed E-state index contributed by atoms with van der Waals surface area (Å²) in [7, 11) is 1.64. The molecule has 4 rings (SSSR count). The summed E-state index contributed by atoms with van der Waals surface area (Å²) < 4.78 is 25.2. The predicted octanol–water partition coefficient (Wildman–Crippen LogP) is 3.96. The number of hydrogen-bond donors (Lipinski definition) is 1. The number of hydrogen-bond acceptors (Lipinski definition) is 7. The van der Waals surface area contributed by atoms with Gasteiger partial charge in [0.15, 0.2) is 11.5 Å². The van der Waals surface area contributed by atoms with Gasteiger partial charge in [-0.1, -0.05) is 23.7 Å². The topological polar surface area (TPSA) is 78.2 Å². The van der Waals surface area contributed by atoms with Crippen LogP contribution in [-0.4, -0.2) is 71.8 Å². The summed E-state index contributed by atoms with van der Waals surface area (Å²) in [6.07, 6.45) is 4.64. The first-order valence-electron chi connectivity index (χ1n) is 12.1. The van der Waals surface area contributed by atoms with Crippen molar-refractivity contribution in [1.82, 2.24) is 14.5 Å². The van der Waals surface area contributed by atoms with Crippen LogP contribution < -0.4 is 14.2 Å². The average molecular weight is 516 g/mol. The number of imidazole rings is 1. The lowest BCUT2D eigenvalue weighted by molar-refractivity contribution is -0.0646. The van der Waals surface area contributed by atoms with E-state index in [2.05, 4.69) is 14.5 Å². The quantitative estimate of drug-likeness (QED) is 0.387. The molecule has 8 nitrogen and oxygen atoms in total. The van der Waals surface area contributed by atoms with E-state index in [1.54, 1.807) is 25.4 Å². The van der Waals surface area contributed by atoms with E-state index < -0.39 is 5.60 Å². The Hall–Kier alpha value is -2.78. The van der Waals surface area contributed by atoms with E-state index in [9.17, 15) is 5.11 Å². The molecule has 2 aromatic carbocycles. The molecular weight excluding hydrogens is 482 g/mol. The molecule has 1 fully saturated rings. The zero-order valence-corrected chi connectivity index (χ0v) is 21.6. The van der Waals surface area contributed by atoms with Gasteiger partial charge >= 0.3 is 0 Å². The molecule has 1 aliphatic rings. The van der Waals surface area contributed by atoms with Crippen LogP contribution >= 0.6 is 11.6 Å². The van der Waals surface area contributed by atoms with Crippen molar-refractivity contribution in [2.45, 2.75) is 32.0 Å². The van der Waals surface area contributed by atoms with E-state index in [1.165, 1.54) is 0 Å². The van der Waals surface area contributed by atoms with Crippen molar-refractivity contribution in [2.24, 2.45) is 0 Å². The number of β-amino-alcohol motifs (C(OH)–C–C–N with tert-alkyl or cyclic N) is 1. The Bertz CT molecular complexity index is 1120. The molecule has 1 N–H and O–H groups in total. The van der Waals surface area contributed by atoms with Gasteiger partial charge in [0.25, 0.3) is 0 Å². The lowest BCUT2D eigenvalue weighted by Crippen LogP contribution is -2.48. The molecule has 2 heterocycles. The third kappa shape index (κ3) is 7.36. The molecule has 1 aliphatic heterocycles. The zero-order chi connectivity index (χ0) is 25.4. The monoisotopic (exact) mass is 515 g/mol. The van der Waals surface area contributed by atoms with Gasteiger partial charge in [-0.15, -0.1) is 0 Å². The second-order valence-corrected chi connectivity index (χ2v) is 9.53. The number of methoxy groups -OCH3 is 1. The van der Waals surface area contributed by atoms with E-state index in [4.69, 9.17) is 30.5 Å². The molecule has 1 aromatic heterocycles. The second-order valence-electron chi connectivity index (χ2n) is 9.09. The molecular formula is C27H34ClN3O5. The van der Waals surface area contributed by atoms with Crippen LogP contribution in [0.2, 0.25) is 5.02 Å². The van der Waals surface area contributed by atoms with Crippen LogP contribution in [-0.2, 0) is 17.8 Å². The number of benzene rings is 2. The number of rotatable bonds is 11. The highest BCUT2D eigenvalue weighted by atomic mass is 35.5. The van der Waals surface area contributed by atoms with Gasteiger partial charge in [-0.05, 0) is 49.2 Å². The Morgan fingerprint density at radius 1 is 1.17 bits per heavy atom. The predicted molar refractivity (Wildman–Crippen MR) is 138 cm³/mol. The second kappa shape index (κ2) is 12.5. The van der Waals surface area contributed by atoms with Gasteiger partial charge in [0, 0.05) is 43.6 Å². The number of ether oxygens (including phenoxy) is 4. The van der Waals surface area contributed by atoms with Gasteiger partial charge in [0.2, 0.25) is 0 Å². The maximum atomic E-state index is 11.2. The number of aromatic nitrogens is 2. The molecule has 0 radical (unpaired) electrons. The molecule has 36 heavy (non-hydrogen) atoms. The molecule has 3 aromatic rings. The first-order valence-corrected chi connectivity index (χ1v) is 12.5. The van der Waals surface area contributed by atoms with Crippen LogP contribution in [0.1, 0.15) is 17.8 Å². The molecule has 9 heteroatoms. The van der Waals surface area contributed by atoms with Crippen molar-refractivity contribution < 1.29 is 24.1 Å². The first kappa shape index (κ1) is 26.3. The van der Waals surface area contributed by atoms with E-state index in [0.717, 1.165) is 24.4 Å². The molecule has 1 atom stereocenters. The lowest BCUT2D eigenvalue weighted by atomic mass is 10.1. The standard InChI is InChI=1S/C27H34ClN3O5/c1-21-29-9-11-31(21)10-4-13-35-26-15-22(7-8-25(26)33-2)17-30-12-14-34-19-27(32,18-30)20-36-24-6-3-5-23(28)16-24/h3,5-9,11,15-16,32H,4,10,12-14,17-20H2,1-2H3. The van der Waals surface area contributed by atoms with Crippen LogP contribution in [0.4, 0.5) is 0 Å². The van der Waals surface area contributed by atoms with Crippen molar-refractivity contribution in [3.05, 3.63) is 71.3 Å². The Morgan fingerprint density at radius 2 is 2.06 bits per heavy atom. The van der Waals surface area contributed by atoms with Crippen LogP contribution in [0.5, 0.6) is 17.2 Å². The van der Waals surface area contributed by atoms with Gasteiger partial charge in [-0.3, -0.25) is 4.90 Å². The number of aliphatic hydroxyl groups is 1. The van der Waals surface area contributed by atoms with E-state index >= 15 is 0 Å². The molecule has 0 aliphatic carbocycles. The van der Waals surface area contributed by atoms with Crippen LogP contribution in [0, 0.1) is 6.92 Å². The Balaban J connectivity index is 1.35. The van der Waals surface area contributed by atoms with Crippen molar-refractivity contribution in [3.63, 3.8) is 0 Å². The maximum absolute atomic E-state index is 11.2. The maximum Gasteiger partial charge on any atom is 0.161 e. The zero-order valence-electron chi connectivity index (χ0n) is 20.9. The van der Waals surface area contributed by atoms with E-state index in [0.29, 0.717) is 55.1 Å². The average Bonchev–Trinajstić information content (AvgIpc) is 3.18. The fourth-order valence-electron chi connectivity index (χ4n) is 4.24. The summed E-state index contributed by atoms with van der Waals surface area (Å²) in [5.41, 5.74) is -0.0768. The first-order chi connectivity index (χ1) is 17.4. The number of aryl methyl sites for hydroxylation is 2. The Labute approximate surface area is 217 Å². The van der Waals surface area contributed by atoms with Crippen molar-refractivity contribution >= 4 is 11.6 Å². The molecule has 0 bridgehead atoms. The molecule has 1 saturated heterocycles. The fraction of sp³-hybridized carbons (Fsp3) is 0.444. The summed E-state index contributed by atoms with van der Waals surface area (Å²) in [6, 6.07) is 13.1. The van der Waals surface area contributed by atoms with Gasteiger partial charge in [-0.2, -0.15) is 0 Å². The molecule has 194 valence electrons. The van der Waals surface area contributed by atoms with Gasteiger partial charge in [0.1, 0.15) is 23.8 Å². The Kier molecular flexibility index (Phi) is 9.09. The van der Waals surface area contributed by atoms with Crippen molar-refractivity contribution in [1.29, 1.82) is 0 Å². The highest BCUT2D eigenvalue weighted by Gasteiger charge is 2.33.